The molecule has 1 saturated carbocycles. The van der Waals surface area contributed by atoms with Crippen molar-refractivity contribution in [3.8, 4) is 0 Å². The van der Waals surface area contributed by atoms with Gasteiger partial charge in [0.1, 0.15) is 6.04 Å². The van der Waals surface area contributed by atoms with E-state index in [1.807, 2.05) is 6.92 Å². The Hall–Kier alpha value is -2.31. The van der Waals surface area contributed by atoms with Gasteiger partial charge < -0.3 is 19.4 Å². The van der Waals surface area contributed by atoms with Crippen LogP contribution in [-0.4, -0.2) is 48.4 Å². The number of carbonyl (C=O) groups is 3. The van der Waals surface area contributed by atoms with Gasteiger partial charge in [-0.15, -0.1) is 0 Å². The molecule has 1 heterocycles. The van der Waals surface area contributed by atoms with Crippen LogP contribution in [-0.2, 0) is 14.3 Å². The van der Waals surface area contributed by atoms with Crippen molar-refractivity contribution >= 4 is 17.8 Å². The van der Waals surface area contributed by atoms with E-state index in [0.29, 0.717) is 12.5 Å². The molecule has 1 aromatic heterocycles. The molecule has 7 heteroatoms. The maximum absolute atomic E-state index is 12.4. The number of ether oxygens (including phenoxy) is 1. The summed E-state index contributed by atoms with van der Waals surface area (Å²) in [5.41, 5.74) is 0. The van der Waals surface area contributed by atoms with E-state index in [1.54, 1.807) is 24.8 Å². The van der Waals surface area contributed by atoms with Crippen molar-refractivity contribution in [2.45, 2.75) is 46.1 Å². The molecule has 26 heavy (non-hydrogen) atoms. The van der Waals surface area contributed by atoms with E-state index < -0.39 is 17.9 Å². The Kier molecular flexibility index (Phi) is 7.24. The number of nitrogens with one attached hydrogen (secondary N) is 1. The van der Waals surface area contributed by atoms with Crippen LogP contribution in [0.25, 0.3) is 0 Å². The molecule has 1 aliphatic carbocycles. The van der Waals surface area contributed by atoms with E-state index in [-0.39, 0.29) is 24.2 Å². The highest BCUT2D eigenvalue weighted by molar-refractivity contribution is 5.94. The molecule has 7 nitrogen and oxygen atoms in total. The molecule has 1 aliphatic rings. The molecule has 0 radical (unpaired) electrons. The van der Waals surface area contributed by atoms with Gasteiger partial charge in [0.2, 0.25) is 0 Å². The third kappa shape index (κ3) is 5.89. The number of hydrogen-bond donors (Lipinski definition) is 1. The molecule has 0 bridgehead atoms. The highest BCUT2D eigenvalue weighted by Crippen LogP contribution is 2.29. The molecule has 0 spiro atoms. The Morgan fingerprint density at radius 2 is 2.08 bits per heavy atom. The van der Waals surface area contributed by atoms with Crippen LogP contribution in [0.4, 0.5) is 0 Å². The summed E-state index contributed by atoms with van der Waals surface area (Å²) in [6.07, 6.45) is 4.56. The zero-order chi connectivity index (χ0) is 19.1. The van der Waals surface area contributed by atoms with Crippen LogP contribution in [0.5, 0.6) is 0 Å². The van der Waals surface area contributed by atoms with Gasteiger partial charge >= 0.3 is 5.97 Å². The van der Waals surface area contributed by atoms with Crippen molar-refractivity contribution in [2.24, 2.45) is 11.8 Å². The summed E-state index contributed by atoms with van der Waals surface area (Å²) < 4.78 is 10.2. The third-order valence-corrected chi connectivity index (χ3v) is 4.31. The second kappa shape index (κ2) is 9.40. The normalized spacial score (nSPS) is 14.8. The molecule has 0 saturated heterocycles. The molecule has 0 aromatic carbocycles. The molecular weight excluding hydrogens is 336 g/mol. The summed E-state index contributed by atoms with van der Waals surface area (Å²) in [5.74, 6) is -0.772. The monoisotopic (exact) mass is 364 g/mol. The molecule has 1 unspecified atom stereocenters. The van der Waals surface area contributed by atoms with Gasteiger partial charge in [-0.05, 0) is 43.2 Å². The van der Waals surface area contributed by atoms with E-state index in [4.69, 9.17) is 9.15 Å². The van der Waals surface area contributed by atoms with Crippen molar-refractivity contribution in [3.63, 3.8) is 0 Å². The van der Waals surface area contributed by atoms with Crippen LogP contribution in [0.1, 0.15) is 50.6 Å². The van der Waals surface area contributed by atoms with Gasteiger partial charge in [0, 0.05) is 13.1 Å². The van der Waals surface area contributed by atoms with Crippen molar-refractivity contribution < 1.29 is 23.5 Å². The second-order valence-electron chi connectivity index (χ2n) is 7.06. The number of amides is 2. The summed E-state index contributed by atoms with van der Waals surface area (Å²) >= 11 is 0. The van der Waals surface area contributed by atoms with Gasteiger partial charge in [-0.2, -0.15) is 0 Å². The molecular formula is C19H28N2O5. The number of esters is 1. The Labute approximate surface area is 154 Å². The first-order valence-corrected chi connectivity index (χ1v) is 9.21. The number of carbonyl (C=O) groups excluding carboxylic acids is 3. The lowest BCUT2D eigenvalue weighted by Gasteiger charge is -2.24. The summed E-state index contributed by atoms with van der Waals surface area (Å²) in [6, 6.07) is 2.27. The molecule has 1 N–H and O–H groups in total. The lowest BCUT2D eigenvalue weighted by Crippen LogP contribution is -2.46. The average Bonchev–Trinajstić information content (AvgIpc) is 3.25. The highest BCUT2D eigenvalue weighted by Gasteiger charge is 2.29. The first kappa shape index (κ1) is 20.0. The predicted molar refractivity (Wildman–Crippen MR) is 95.4 cm³/mol. The lowest BCUT2D eigenvalue weighted by atomic mass is 10.0. The van der Waals surface area contributed by atoms with E-state index >= 15 is 0 Å². The Morgan fingerprint density at radius 1 is 1.35 bits per heavy atom. The summed E-state index contributed by atoms with van der Waals surface area (Å²) in [7, 11) is 0. The Balaban J connectivity index is 1.87. The van der Waals surface area contributed by atoms with E-state index in [1.165, 1.54) is 12.3 Å². The molecule has 2 amide bonds. The lowest BCUT2D eigenvalue weighted by molar-refractivity contribution is -0.154. The van der Waals surface area contributed by atoms with Crippen molar-refractivity contribution in [1.82, 2.24) is 10.2 Å². The predicted octanol–water partition coefficient (Wildman–Crippen LogP) is 2.23. The number of nitrogens with zero attached hydrogens (tertiary/aromatic N) is 1. The van der Waals surface area contributed by atoms with Gasteiger partial charge in [-0.1, -0.05) is 20.8 Å². The van der Waals surface area contributed by atoms with E-state index in [2.05, 4.69) is 5.32 Å². The average molecular weight is 364 g/mol. The molecule has 1 atom stereocenters. The van der Waals surface area contributed by atoms with Crippen LogP contribution in [0, 0.1) is 11.8 Å². The van der Waals surface area contributed by atoms with Crippen LogP contribution in [0.2, 0.25) is 0 Å². The van der Waals surface area contributed by atoms with Gasteiger partial charge in [0.15, 0.2) is 12.4 Å². The van der Waals surface area contributed by atoms with Crippen molar-refractivity contribution in [1.29, 1.82) is 0 Å². The quantitative estimate of drug-likeness (QED) is 0.643. The van der Waals surface area contributed by atoms with Crippen LogP contribution >= 0.6 is 0 Å². The SMILES string of the molecule is CCCN(CC1CC1)C(=O)COC(=O)C(NC(=O)c1ccco1)C(C)C. The molecule has 1 fully saturated rings. The van der Waals surface area contributed by atoms with E-state index in [9.17, 15) is 14.4 Å². The maximum atomic E-state index is 12.4. The molecule has 144 valence electrons. The first-order chi connectivity index (χ1) is 12.4. The standard InChI is InChI=1S/C19H28N2O5/c1-4-9-21(11-14-7-8-14)16(22)12-26-19(24)17(13(2)3)20-18(23)15-6-5-10-25-15/h5-6,10,13-14,17H,4,7-9,11-12H2,1-3H3,(H,20,23). The molecule has 1 aromatic rings. The Bertz CT molecular complexity index is 607. The van der Waals surface area contributed by atoms with Crippen LogP contribution in [0.3, 0.4) is 0 Å². The second-order valence-corrected chi connectivity index (χ2v) is 7.06. The zero-order valence-electron chi connectivity index (χ0n) is 15.7. The fourth-order valence-electron chi connectivity index (χ4n) is 2.63. The smallest absolute Gasteiger partial charge is 0.329 e. The minimum atomic E-state index is -0.844. The summed E-state index contributed by atoms with van der Waals surface area (Å²) in [5, 5.41) is 2.61. The largest absolute Gasteiger partial charge is 0.459 e. The van der Waals surface area contributed by atoms with Gasteiger partial charge in [0.25, 0.3) is 11.8 Å². The van der Waals surface area contributed by atoms with E-state index in [0.717, 1.165) is 25.8 Å². The van der Waals surface area contributed by atoms with Gasteiger partial charge in [0.05, 0.1) is 6.26 Å². The summed E-state index contributed by atoms with van der Waals surface area (Å²) in [6.45, 7) is 6.70. The molecule has 0 aliphatic heterocycles. The minimum Gasteiger partial charge on any atom is -0.459 e. The first-order valence-electron chi connectivity index (χ1n) is 9.21. The Morgan fingerprint density at radius 3 is 2.62 bits per heavy atom. The number of furan rings is 1. The topological polar surface area (TPSA) is 88.9 Å². The number of hydrogen-bond acceptors (Lipinski definition) is 5. The van der Waals surface area contributed by atoms with Gasteiger partial charge in [-0.3, -0.25) is 9.59 Å². The summed E-state index contributed by atoms with van der Waals surface area (Å²) in [4.78, 5) is 38.6. The van der Waals surface area contributed by atoms with Crippen LogP contribution in [0.15, 0.2) is 22.8 Å². The third-order valence-electron chi connectivity index (χ3n) is 4.31. The maximum Gasteiger partial charge on any atom is 0.329 e. The zero-order valence-corrected chi connectivity index (χ0v) is 15.7. The number of rotatable bonds is 10. The highest BCUT2D eigenvalue weighted by atomic mass is 16.5. The van der Waals surface area contributed by atoms with Gasteiger partial charge in [-0.25, -0.2) is 4.79 Å². The fraction of sp³-hybridized carbons (Fsp3) is 0.632. The van der Waals surface area contributed by atoms with Crippen molar-refractivity contribution in [2.75, 3.05) is 19.7 Å². The fourth-order valence-corrected chi connectivity index (χ4v) is 2.63. The molecule has 2 rings (SSSR count). The minimum absolute atomic E-state index is 0.123. The van der Waals surface area contributed by atoms with Crippen LogP contribution < -0.4 is 5.32 Å². The van der Waals surface area contributed by atoms with Crippen molar-refractivity contribution in [3.05, 3.63) is 24.2 Å².